The summed E-state index contributed by atoms with van der Waals surface area (Å²) in [6, 6.07) is 12.2. The lowest BCUT2D eigenvalue weighted by Gasteiger charge is -2.15. The highest BCUT2D eigenvalue weighted by Gasteiger charge is 2.25. The third-order valence-electron chi connectivity index (χ3n) is 4.83. The van der Waals surface area contributed by atoms with Gasteiger partial charge in [-0.25, -0.2) is 12.7 Å². The zero-order valence-corrected chi connectivity index (χ0v) is 19.6. The first-order valence-corrected chi connectivity index (χ1v) is 13.2. The Balaban J connectivity index is 1.42. The van der Waals surface area contributed by atoms with Crippen LogP contribution < -0.4 is 5.32 Å². The van der Waals surface area contributed by atoms with Crippen molar-refractivity contribution in [2.24, 2.45) is 0 Å². The topological polar surface area (TPSA) is 66.5 Å². The zero-order chi connectivity index (χ0) is 21.6. The molecule has 2 aromatic rings. The molecule has 0 aromatic heterocycles. The Labute approximate surface area is 192 Å². The van der Waals surface area contributed by atoms with Crippen molar-refractivity contribution in [3.63, 3.8) is 0 Å². The monoisotopic (exact) mass is 486 g/mol. The molecule has 0 radical (unpaired) electrons. The fraction of sp³-hybridized carbons (Fsp3) is 0.381. The minimum Gasteiger partial charge on any atom is -0.351 e. The highest BCUT2D eigenvalue weighted by Crippen LogP contribution is 2.24. The average molecular weight is 487 g/mol. The molecule has 162 valence electrons. The Hall–Kier alpha value is -1.25. The van der Waals surface area contributed by atoms with Crippen LogP contribution in [0.4, 0.5) is 0 Å². The van der Waals surface area contributed by atoms with Crippen LogP contribution in [0.3, 0.4) is 0 Å². The number of sulfonamides is 1. The van der Waals surface area contributed by atoms with Gasteiger partial charge in [0, 0.05) is 46.7 Å². The number of hydrogen-bond acceptors (Lipinski definition) is 4. The van der Waals surface area contributed by atoms with E-state index in [0.717, 1.165) is 29.9 Å². The molecular formula is C21H24Cl2N2O3S2. The zero-order valence-electron chi connectivity index (χ0n) is 16.4. The smallest absolute Gasteiger partial charge is 0.251 e. The summed E-state index contributed by atoms with van der Waals surface area (Å²) in [5.74, 6) is 1.29. The number of benzene rings is 2. The van der Waals surface area contributed by atoms with Gasteiger partial charge < -0.3 is 5.32 Å². The van der Waals surface area contributed by atoms with Crippen LogP contribution in [0.5, 0.6) is 0 Å². The maximum absolute atomic E-state index is 12.4. The summed E-state index contributed by atoms with van der Waals surface area (Å²) in [5, 5.41) is 4.14. The van der Waals surface area contributed by atoms with Gasteiger partial charge in [0.05, 0.1) is 5.75 Å². The predicted molar refractivity (Wildman–Crippen MR) is 125 cm³/mol. The van der Waals surface area contributed by atoms with Crippen LogP contribution >= 0.6 is 35.0 Å². The van der Waals surface area contributed by atoms with Crippen LogP contribution in [-0.2, 0) is 21.5 Å². The lowest BCUT2D eigenvalue weighted by atomic mass is 10.1. The predicted octanol–water partition coefficient (Wildman–Crippen LogP) is 4.58. The van der Waals surface area contributed by atoms with Gasteiger partial charge in [-0.1, -0.05) is 41.4 Å². The molecule has 30 heavy (non-hydrogen) atoms. The molecule has 1 saturated heterocycles. The third-order valence-corrected chi connectivity index (χ3v) is 8.27. The first-order chi connectivity index (χ1) is 14.3. The van der Waals surface area contributed by atoms with Crippen molar-refractivity contribution in [3.8, 4) is 0 Å². The lowest BCUT2D eigenvalue weighted by molar-refractivity contribution is 0.0956. The van der Waals surface area contributed by atoms with Crippen molar-refractivity contribution in [2.75, 3.05) is 25.4 Å². The quantitative estimate of drug-likeness (QED) is 0.526. The molecule has 0 unspecified atom stereocenters. The van der Waals surface area contributed by atoms with Gasteiger partial charge in [-0.05, 0) is 48.2 Å². The molecule has 1 aliphatic rings. The maximum Gasteiger partial charge on any atom is 0.251 e. The minimum atomic E-state index is -3.28. The highest BCUT2D eigenvalue weighted by molar-refractivity contribution is 7.98. The number of thioether (sulfide) groups is 1. The van der Waals surface area contributed by atoms with Gasteiger partial charge in [-0.2, -0.15) is 11.8 Å². The number of amides is 1. The molecule has 5 nitrogen and oxygen atoms in total. The van der Waals surface area contributed by atoms with Crippen LogP contribution in [0.15, 0.2) is 42.5 Å². The molecule has 0 bridgehead atoms. The van der Waals surface area contributed by atoms with Crippen LogP contribution in [0.2, 0.25) is 10.0 Å². The summed E-state index contributed by atoms with van der Waals surface area (Å²) >= 11 is 13.7. The first-order valence-electron chi connectivity index (χ1n) is 9.72. The van der Waals surface area contributed by atoms with Gasteiger partial charge in [-0.3, -0.25) is 4.79 Å². The molecule has 1 amide bonds. The largest absolute Gasteiger partial charge is 0.351 e. The Morgan fingerprint density at radius 3 is 2.43 bits per heavy atom. The van der Waals surface area contributed by atoms with Gasteiger partial charge >= 0.3 is 0 Å². The second kappa shape index (κ2) is 10.9. The molecular weight excluding hydrogens is 463 g/mol. The fourth-order valence-corrected chi connectivity index (χ4v) is 6.21. The van der Waals surface area contributed by atoms with E-state index in [4.69, 9.17) is 23.2 Å². The van der Waals surface area contributed by atoms with E-state index in [0.29, 0.717) is 40.8 Å². The number of nitrogens with one attached hydrogen (secondary N) is 1. The summed E-state index contributed by atoms with van der Waals surface area (Å²) in [6.07, 6.45) is 1.84. The molecule has 0 atom stereocenters. The standard InChI is InChI=1S/C21H24Cl2N2O3S2/c22-19-8-7-18(20(23)13-19)14-29-12-9-24-21(26)17-5-3-16(4-6-17)15-30(27,28)25-10-1-2-11-25/h3-8,13H,1-2,9-12,14-15H2,(H,24,26). The number of hydrogen-bond donors (Lipinski definition) is 1. The SMILES string of the molecule is O=C(NCCSCc1ccc(Cl)cc1Cl)c1ccc(CS(=O)(=O)N2CCCC2)cc1. The molecule has 1 aliphatic heterocycles. The summed E-state index contributed by atoms with van der Waals surface area (Å²) in [6.45, 7) is 1.73. The van der Waals surface area contributed by atoms with Gasteiger partial charge in [-0.15, -0.1) is 0 Å². The van der Waals surface area contributed by atoms with Crippen molar-refractivity contribution in [1.29, 1.82) is 0 Å². The van der Waals surface area contributed by atoms with E-state index >= 15 is 0 Å². The van der Waals surface area contributed by atoms with Crippen molar-refractivity contribution in [3.05, 3.63) is 69.2 Å². The second-order valence-electron chi connectivity index (χ2n) is 7.10. The van der Waals surface area contributed by atoms with E-state index < -0.39 is 10.0 Å². The lowest BCUT2D eigenvalue weighted by Crippen LogP contribution is -2.29. The molecule has 1 heterocycles. The molecule has 1 N–H and O–H groups in total. The van der Waals surface area contributed by atoms with Gasteiger partial charge in [0.2, 0.25) is 10.0 Å². The van der Waals surface area contributed by atoms with E-state index in [1.807, 2.05) is 12.1 Å². The molecule has 2 aromatic carbocycles. The molecule has 9 heteroatoms. The summed E-state index contributed by atoms with van der Waals surface area (Å²) in [4.78, 5) is 12.3. The molecule has 1 fully saturated rings. The normalized spacial score (nSPS) is 14.7. The molecule has 0 aliphatic carbocycles. The summed E-state index contributed by atoms with van der Waals surface area (Å²) in [7, 11) is -3.28. The van der Waals surface area contributed by atoms with Crippen molar-refractivity contribution in [2.45, 2.75) is 24.3 Å². The minimum absolute atomic E-state index is 0.0290. The van der Waals surface area contributed by atoms with Crippen LogP contribution in [0.1, 0.15) is 34.3 Å². The first kappa shape index (κ1) is 23.4. The Morgan fingerprint density at radius 2 is 1.77 bits per heavy atom. The third kappa shape index (κ3) is 6.62. The average Bonchev–Trinajstić information content (AvgIpc) is 3.25. The van der Waals surface area contributed by atoms with E-state index in [1.165, 1.54) is 0 Å². The van der Waals surface area contributed by atoms with Gasteiger partial charge in [0.1, 0.15) is 0 Å². The number of carbonyl (C=O) groups is 1. The Morgan fingerprint density at radius 1 is 1.07 bits per heavy atom. The van der Waals surface area contributed by atoms with Gasteiger partial charge in [0.15, 0.2) is 0 Å². The number of nitrogens with zero attached hydrogens (tertiary/aromatic N) is 1. The molecule has 3 rings (SSSR count). The molecule has 0 spiro atoms. The second-order valence-corrected chi connectivity index (χ2v) is 11.0. The van der Waals surface area contributed by atoms with Crippen molar-refractivity contribution < 1.29 is 13.2 Å². The van der Waals surface area contributed by atoms with E-state index in [9.17, 15) is 13.2 Å². The molecule has 0 saturated carbocycles. The summed E-state index contributed by atoms with van der Waals surface area (Å²) < 4.78 is 26.3. The van der Waals surface area contributed by atoms with Crippen molar-refractivity contribution in [1.82, 2.24) is 9.62 Å². The highest BCUT2D eigenvalue weighted by atomic mass is 35.5. The fourth-order valence-electron chi connectivity index (χ4n) is 3.18. The van der Waals surface area contributed by atoms with Crippen LogP contribution in [0, 0.1) is 0 Å². The van der Waals surface area contributed by atoms with E-state index in [2.05, 4.69) is 5.32 Å². The van der Waals surface area contributed by atoms with Crippen molar-refractivity contribution >= 4 is 50.9 Å². The van der Waals surface area contributed by atoms with Crippen LogP contribution in [0.25, 0.3) is 0 Å². The number of halogens is 2. The van der Waals surface area contributed by atoms with Gasteiger partial charge in [0.25, 0.3) is 5.91 Å². The Kier molecular flexibility index (Phi) is 8.48. The van der Waals surface area contributed by atoms with E-state index in [1.54, 1.807) is 46.4 Å². The van der Waals surface area contributed by atoms with E-state index in [-0.39, 0.29) is 11.7 Å². The maximum atomic E-state index is 12.4. The number of carbonyl (C=O) groups excluding carboxylic acids is 1. The Bertz CT molecular complexity index is 976. The van der Waals surface area contributed by atoms with Crippen LogP contribution in [-0.4, -0.2) is 44.0 Å². The summed E-state index contributed by atoms with van der Waals surface area (Å²) in [5.41, 5.74) is 2.22. The number of rotatable bonds is 9.